The molecule has 3 heterocycles. The maximum absolute atomic E-state index is 13.1. The number of hydrogen-bond acceptors (Lipinski definition) is 6. The van der Waals surface area contributed by atoms with Crippen LogP contribution in [-0.4, -0.2) is 50.2 Å². The fraction of sp³-hybridized carbons (Fsp3) is 0.316. The molecule has 10 nitrogen and oxygen atoms in total. The zero-order valence-electron chi connectivity index (χ0n) is 16.3. The van der Waals surface area contributed by atoms with Crippen LogP contribution in [0.4, 0.5) is 5.69 Å². The van der Waals surface area contributed by atoms with Crippen molar-refractivity contribution in [2.75, 3.05) is 26.2 Å². The van der Waals surface area contributed by atoms with Gasteiger partial charge in [0.2, 0.25) is 5.75 Å². The van der Waals surface area contributed by atoms with Crippen LogP contribution in [0, 0.1) is 10.1 Å². The normalized spacial score (nSPS) is 16.7. The Bertz CT molecular complexity index is 1170. The average Bonchev–Trinajstić information content (AvgIpc) is 3.63. The van der Waals surface area contributed by atoms with Crippen molar-refractivity contribution in [1.29, 1.82) is 0 Å². The standard InChI is InChI=1S/C19H20N5O5P/c1-21-18-11-16(4-3-15(18)12-20-21)29-19-10-14(2-5-17(19)24(25)26)13-28-30(27,22-6-7-22)23-8-9-23/h2-5,10-12H,6-9,13H2,1H3. The molecule has 2 aliphatic rings. The van der Waals surface area contributed by atoms with Crippen molar-refractivity contribution < 1.29 is 18.7 Å². The second kappa shape index (κ2) is 7.17. The number of aromatic nitrogens is 2. The van der Waals surface area contributed by atoms with Gasteiger partial charge in [0.05, 0.1) is 23.2 Å². The molecule has 0 amide bonds. The Morgan fingerprint density at radius 3 is 2.53 bits per heavy atom. The Balaban J connectivity index is 1.40. The Kier molecular flexibility index (Phi) is 4.59. The second-order valence-electron chi connectivity index (χ2n) is 7.32. The molecule has 3 aromatic rings. The highest BCUT2D eigenvalue weighted by molar-refractivity contribution is 7.54. The van der Waals surface area contributed by atoms with Crippen molar-refractivity contribution in [2.45, 2.75) is 6.61 Å². The molecule has 2 aliphatic heterocycles. The maximum Gasteiger partial charge on any atom is 0.346 e. The third-order valence-electron chi connectivity index (χ3n) is 5.13. The van der Waals surface area contributed by atoms with E-state index in [4.69, 9.17) is 9.26 Å². The van der Waals surface area contributed by atoms with Crippen LogP contribution in [0.1, 0.15) is 5.56 Å². The van der Waals surface area contributed by atoms with Gasteiger partial charge in [-0.3, -0.25) is 19.4 Å². The smallest absolute Gasteiger partial charge is 0.346 e. The van der Waals surface area contributed by atoms with Crippen LogP contribution in [0.3, 0.4) is 0 Å². The number of aryl methyl sites for hydroxylation is 1. The number of rotatable bonds is 8. The molecule has 0 spiro atoms. The molecule has 0 atom stereocenters. The minimum absolute atomic E-state index is 0.0827. The van der Waals surface area contributed by atoms with Crippen molar-refractivity contribution >= 4 is 24.3 Å². The van der Waals surface area contributed by atoms with Crippen LogP contribution < -0.4 is 4.74 Å². The van der Waals surface area contributed by atoms with Gasteiger partial charge in [0.25, 0.3) is 0 Å². The minimum Gasteiger partial charge on any atom is -0.450 e. The number of nitrogens with zero attached hydrogens (tertiary/aromatic N) is 5. The quantitative estimate of drug-likeness (QED) is 0.232. The van der Waals surface area contributed by atoms with E-state index in [0.29, 0.717) is 11.3 Å². The van der Waals surface area contributed by atoms with E-state index in [9.17, 15) is 14.7 Å². The monoisotopic (exact) mass is 429 g/mol. The first-order chi connectivity index (χ1) is 14.4. The molecule has 0 radical (unpaired) electrons. The van der Waals surface area contributed by atoms with Gasteiger partial charge in [-0.2, -0.15) is 5.10 Å². The molecule has 0 saturated carbocycles. The fourth-order valence-electron chi connectivity index (χ4n) is 3.29. The molecular weight excluding hydrogens is 409 g/mol. The first kappa shape index (κ1) is 19.2. The lowest BCUT2D eigenvalue weighted by Gasteiger charge is -2.19. The summed E-state index contributed by atoms with van der Waals surface area (Å²) in [7, 11) is -1.15. The zero-order valence-corrected chi connectivity index (χ0v) is 17.2. The molecular formula is C19H20N5O5P. The zero-order chi connectivity index (χ0) is 20.9. The van der Waals surface area contributed by atoms with E-state index in [1.807, 2.05) is 22.5 Å². The topological polar surface area (TPSA) is 103 Å². The SMILES string of the molecule is Cn1ncc2ccc(Oc3cc(COP(=O)(N4CC4)N4CC4)ccc3[N+](=O)[O-])cc21. The van der Waals surface area contributed by atoms with Crippen LogP contribution in [0.15, 0.2) is 42.6 Å². The van der Waals surface area contributed by atoms with E-state index < -0.39 is 12.6 Å². The van der Waals surface area contributed by atoms with E-state index in [0.717, 1.165) is 37.1 Å². The summed E-state index contributed by atoms with van der Waals surface area (Å²) >= 11 is 0. The molecule has 2 fully saturated rings. The fourth-order valence-corrected chi connectivity index (χ4v) is 5.48. The Labute approximate surface area is 172 Å². The molecule has 1 aromatic heterocycles. The van der Waals surface area contributed by atoms with E-state index in [2.05, 4.69) is 5.10 Å². The summed E-state index contributed by atoms with van der Waals surface area (Å²) < 4.78 is 30.1. The van der Waals surface area contributed by atoms with Crippen LogP contribution in [0.25, 0.3) is 10.9 Å². The summed E-state index contributed by atoms with van der Waals surface area (Å²) in [5, 5.41) is 16.6. The van der Waals surface area contributed by atoms with E-state index in [1.165, 1.54) is 6.07 Å². The number of fused-ring (bicyclic) bond motifs is 1. The van der Waals surface area contributed by atoms with Crippen molar-refractivity contribution in [2.24, 2.45) is 7.05 Å². The molecule has 156 valence electrons. The third kappa shape index (κ3) is 3.59. The highest BCUT2D eigenvalue weighted by Crippen LogP contribution is 2.61. The predicted molar refractivity (Wildman–Crippen MR) is 109 cm³/mol. The van der Waals surface area contributed by atoms with Gasteiger partial charge >= 0.3 is 13.4 Å². The lowest BCUT2D eigenvalue weighted by Crippen LogP contribution is -2.08. The van der Waals surface area contributed by atoms with Crippen molar-refractivity contribution in [1.82, 2.24) is 19.1 Å². The van der Waals surface area contributed by atoms with E-state index in [1.54, 1.807) is 35.1 Å². The summed E-state index contributed by atoms with van der Waals surface area (Å²) in [6.07, 6.45) is 1.74. The van der Waals surface area contributed by atoms with Crippen LogP contribution in [0.5, 0.6) is 11.5 Å². The molecule has 2 aromatic carbocycles. The van der Waals surface area contributed by atoms with Crippen molar-refractivity contribution in [3.05, 3.63) is 58.3 Å². The molecule has 2 saturated heterocycles. The van der Waals surface area contributed by atoms with Gasteiger partial charge in [-0.25, -0.2) is 9.34 Å². The van der Waals surface area contributed by atoms with Gasteiger partial charge in [-0.05, 0) is 29.8 Å². The van der Waals surface area contributed by atoms with Crippen LogP contribution >= 0.6 is 7.67 Å². The van der Waals surface area contributed by atoms with Gasteiger partial charge in [0.1, 0.15) is 5.75 Å². The number of nitro benzene ring substituents is 1. The molecule has 0 aliphatic carbocycles. The summed E-state index contributed by atoms with van der Waals surface area (Å²) in [5.41, 5.74) is 1.36. The molecule has 30 heavy (non-hydrogen) atoms. The molecule has 0 bridgehead atoms. The molecule has 0 unspecified atom stereocenters. The number of nitro groups is 1. The van der Waals surface area contributed by atoms with Crippen molar-refractivity contribution in [3.8, 4) is 11.5 Å². The molecule has 5 rings (SSSR count). The van der Waals surface area contributed by atoms with Gasteiger partial charge in [-0.1, -0.05) is 0 Å². The minimum atomic E-state index is -2.96. The molecule has 0 N–H and O–H groups in total. The van der Waals surface area contributed by atoms with E-state index >= 15 is 0 Å². The lowest BCUT2D eigenvalue weighted by atomic mass is 10.2. The van der Waals surface area contributed by atoms with Gasteiger partial charge < -0.3 is 9.26 Å². The van der Waals surface area contributed by atoms with E-state index in [-0.39, 0.29) is 18.0 Å². The van der Waals surface area contributed by atoms with Crippen LogP contribution in [0.2, 0.25) is 0 Å². The number of hydrogen-bond donors (Lipinski definition) is 0. The van der Waals surface area contributed by atoms with Crippen molar-refractivity contribution in [3.63, 3.8) is 0 Å². The summed E-state index contributed by atoms with van der Waals surface area (Å²) in [6, 6.07) is 9.93. The predicted octanol–water partition coefficient (Wildman–Crippen LogP) is 3.53. The van der Waals surface area contributed by atoms with Gasteiger partial charge in [0.15, 0.2) is 0 Å². The Morgan fingerprint density at radius 1 is 1.13 bits per heavy atom. The number of ether oxygens (including phenoxy) is 1. The van der Waals surface area contributed by atoms with Crippen LogP contribution in [-0.2, 0) is 22.7 Å². The third-order valence-corrected chi connectivity index (χ3v) is 7.83. The van der Waals surface area contributed by atoms with Gasteiger partial charge in [0, 0.05) is 50.7 Å². The maximum atomic E-state index is 13.1. The first-order valence-corrected chi connectivity index (χ1v) is 11.1. The van der Waals surface area contributed by atoms with Gasteiger partial charge in [-0.15, -0.1) is 0 Å². The Morgan fingerprint density at radius 2 is 1.87 bits per heavy atom. The largest absolute Gasteiger partial charge is 0.450 e. The summed E-state index contributed by atoms with van der Waals surface area (Å²) in [6.45, 7) is 3.13. The Hall–Kier alpha value is -2.78. The number of benzene rings is 2. The highest BCUT2D eigenvalue weighted by Gasteiger charge is 2.49. The summed E-state index contributed by atoms with van der Waals surface area (Å²) in [5.74, 6) is 0.571. The first-order valence-electron chi connectivity index (χ1n) is 9.56. The lowest BCUT2D eigenvalue weighted by molar-refractivity contribution is -0.385. The average molecular weight is 429 g/mol. The second-order valence-corrected chi connectivity index (χ2v) is 9.69. The molecule has 11 heteroatoms. The summed E-state index contributed by atoms with van der Waals surface area (Å²) in [4.78, 5) is 11.0. The highest BCUT2D eigenvalue weighted by atomic mass is 31.2.